The van der Waals surface area contributed by atoms with Gasteiger partial charge in [-0.1, -0.05) is 48.5 Å². The van der Waals surface area contributed by atoms with E-state index in [0.29, 0.717) is 6.42 Å². The molecule has 2 aromatic carbocycles. The second-order valence-corrected chi connectivity index (χ2v) is 8.77. The molecule has 1 saturated heterocycles. The lowest BCUT2D eigenvalue weighted by Crippen LogP contribution is -2.49. The van der Waals surface area contributed by atoms with Crippen molar-refractivity contribution in [3.05, 3.63) is 65.7 Å². The molecular weight excluding hydrogens is 360 g/mol. The largest absolute Gasteiger partial charge is 0.343 e. The van der Waals surface area contributed by atoms with Crippen LogP contribution in [0.5, 0.6) is 0 Å². The molecule has 0 radical (unpaired) electrons. The Kier molecular flexibility index (Phi) is 5.44. The van der Waals surface area contributed by atoms with Crippen molar-refractivity contribution in [3.8, 4) is 0 Å². The first-order chi connectivity index (χ1) is 14.0. The predicted octanol–water partition coefficient (Wildman–Crippen LogP) is 4.32. The fourth-order valence-electron chi connectivity index (χ4n) is 4.72. The molecular formula is C25H30N2O2. The lowest BCUT2D eigenvalue weighted by Gasteiger charge is -2.37. The zero-order chi connectivity index (χ0) is 20.4. The van der Waals surface area contributed by atoms with Gasteiger partial charge in [0.25, 0.3) is 0 Å². The van der Waals surface area contributed by atoms with Crippen LogP contribution in [0.2, 0.25) is 0 Å². The number of hydrogen-bond acceptors (Lipinski definition) is 2. The van der Waals surface area contributed by atoms with Crippen molar-refractivity contribution in [2.45, 2.75) is 57.4 Å². The predicted molar refractivity (Wildman–Crippen MR) is 116 cm³/mol. The molecule has 2 aliphatic rings. The third kappa shape index (κ3) is 3.81. The number of likely N-dealkylation sites (tertiary alicyclic amines) is 1. The number of carbonyl (C=O) groups is 2. The molecule has 2 aliphatic heterocycles. The molecule has 0 bridgehead atoms. The van der Waals surface area contributed by atoms with E-state index >= 15 is 0 Å². The van der Waals surface area contributed by atoms with E-state index in [1.54, 1.807) is 0 Å². The lowest BCUT2D eigenvalue weighted by molar-refractivity contribution is -0.132. The minimum absolute atomic E-state index is 0.179. The van der Waals surface area contributed by atoms with Gasteiger partial charge < -0.3 is 9.80 Å². The Hall–Kier alpha value is -2.62. The standard InChI is InChI=1S/C25H30N2O2/c1-25(2)21-12-6-7-13-22(21)27(24(25)29)20-15-17-26(18-16-20)23(28)14-8-11-19-9-4-3-5-10-19/h3-7,9-10,12-13,20H,8,11,14-18H2,1-2H3. The highest BCUT2D eigenvalue weighted by molar-refractivity contribution is 6.08. The Bertz CT molecular complexity index is 883. The number of amides is 2. The number of fused-ring (bicyclic) bond motifs is 1. The van der Waals surface area contributed by atoms with Crippen LogP contribution in [0.1, 0.15) is 50.7 Å². The van der Waals surface area contributed by atoms with E-state index in [1.165, 1.54) is 5.56 Å². The fourth-order valence-corrected chi connectivity index (χ4v) is 4.72. The van der Waals surface area contributed by atoms with E-state index in [-0.39, 0.29) is 17.9 Å². The van der Waals surface area contributed by atoms with Crippen LogP contribution in [0.4, 0.5) is 5.69 Å². The molecule has 0 aliphatic carbocycles. The minimum atomic E-state index is -0.471. The molecule has 1 fully saturated rings. The molecule has 0 unspecified atom stereocenters. The van der Waals surface area contributed by atoms with Crippen molar-refractivity contribution >= 4 is 17.5 Å². The third-order valence-electron chi connectivity index (χ3n) is 6.47. The Balaban J connectivity index is 1.33. The maximum absolute atomic E-state index is 13.1. The summed E-state index contributed by atoms with van der Waals surface area (Å²) in [5.41, 5.74) is 2.98. The van der Waals surface area contributed by atoms with Crippen molar-refractivity contribution in [2.75, 3.05) is 18.0 Å². The normalized spacial score (nSPS) is 18.8. The molecule has 2 heterocycles. The maximum Gasteiger partial charge on any atom is 0.237 e. The Morgan fingerprint density at radius 3 is 2.38 bits per heavy atom. The quantitative estimate of drug-likeness (QED) is 0.763. The first-order valence-electron chi connectivity index (χ1n) is 10.7. The van der Waals surface area contributed by atoms with E-state index in [1.807, 2.05) is 54.0 Å². The van der Waals surface area contributed by atoms with Gasteiger partial charge in [-0.3, -0.25) is 9.59 Å². The molecule has 0 aromatic heterocycles. The molecule has 2 amide bonds. The highest BCUT2D eigenvalue weighted by Gasteiger charge is 2.46. The average molecular weight is 391 g/mol. The molecule has 0 spiro atoms. The number of hydrogen-bond donors (Lipinski definition) is 0. The van der Waals surface area contributed by atoms with Crippen LogP contribution in [-0.2, 0) is 21.4 Å². The summed E-state index contributed by atoms with van der Waals surface area (Å²) in [5, 5.41) is 0. The summed E-state index contributed by atoms with van der Waals surface area (Å²) >= 11 is 0. The zero-order valence-corrected chi connectivity index (χ0v) is 17.4. The third-order valence-corrected chi connectivity index (χ3v) is 6.47. The molecule has 0 saturated carbocycles. The number of para-hydroxylation sites is 1. The summed E-state index contributed by atoms with van der Waals surface area (Å²) in [6.07, 6.45) is 4.12. The minimum Gasteiger partial charge on any atom is -0.343 e. The summed E-state index contributed by atoms with van der Waals surface area (Å²) in [6.45, 7) is 5.50. The smallest absolute Gasteiger partial charge is 0.237 e. The molecule has 4 heteroatoms. The molecule has 152 valence electrons. The first-order valence-corrected chi connectivity index (χ1v) is 10.7. The Morgan fingerprint density at radius 1 is 1.00 bits per heavy atom. The molecule has 4 nitrogen and oxygen atoms in total. The van der Waals surface area contributed by atoms with Crippen LogP contribution in [-0.4, -0.2) is 35.8 Å². The zero-order valence-electron chi connectivity index (χ0n) is 17.4. The second-order valence-electron chi connectivity index (χ2n) is 8.77. The van der Waals surface area contributed by atoms with Crippen LogP contribution < -0.4 is 4.90 Å². The average Bonchev–Trinajstić information content (AvgIpc) is 2.95. The molecule has 0 N–H and O–H groups in total. The summed E-state index contributed by atoms with van der Waals surface area (Å²) < 4.78 is 0. The van der Waals surface area contributed by atoms with Gasteiger partial charge in [0.05, 0.1) is 5.41 Å². The van der Waals surface area contributed by atoms with Crippen molar-refractivity contribution in [1.82, 2.24) is 4.90 Å². The Morgan fingerprint density at radius 2 is 1.66 bits per heavy atom. The first kappa shape index (κ1) is 19.7. The van der Waals surface area contributed by atoms with E-state index < -0.39 is 5.41 Å². The van der Waals surface area contributed by atoms with Gasteiger partial charge >= 0.3 is 0 Å². The number of benzene rings is 2. The summed E-state index contributed by atoms with van der Waals surface area (Å²) in [4.78, 5) is 29.7. The van der Waals surface area contributed by atoms with Gasteiger partial charge in [0, 0.05) is 31.2 Å². The SMILES string of the molecule is CC1(C)C(=O)N(C2CCN(C(=O)CCCc3ccccc3)CC2)c2ccccc21. The monoisotopic (exact) mass is 390 g/mol. The highest BCUT2D eigenvalue weighted by atomic mass is 16.2. The van der Waals surface area contributed by atoms with Crippen LogP contribution in [0.25, 0.3) is 0 Å². The molecule has 4 rings (SSSR count). The lowest BCUT2D eigenvalue weighted by atomic mass is 9.86. The van der Waals surface area contributed by atoms with Crippen molar-refractivity contribution in [3.63, 3.8) is 0 Å². The van der Waals surface area contributed by atoms with E-state index in [9.17, 15) is 9.59 Å². The molecule has 0 atom stereocenters. The van der Waals surface area contributed by atoms with Crippen LogP contribution in [0.15, 0.2) is 54.6 Å². The number of nitrogens with zero attached hydrogens (tertiary/aromatic N) is 2. The number of aryl methyl sites for hydroxylation is 1. The van der Waals surface area contributed by atoms with Crippen molar-refractivity contribution in [2.24, 2.45) is 0 Å². The number of carbonyl (C=O) groups excluding carboxylic acids is 2. The van der Waals surface area contributed by atoms with E-state index in [2.05, 4.69) is 24.3 Å². The van der Waals surface area contributed by atoms with Gasteiger partial charge in [-0.25, -0.2) is 0 Å². The van der Waals surface area contributed by atoms with Crippen LogP contribution in [0, 0.1) is 0 Å². The summed E-state index contributed by atoms with van der Waals surface area (Å²) in [6, 6.07) is 18.6. The van der Waals surface area contributed by atoms with Gasteiger partial charge in [-0.2, -0.15) is 0 Å². The number of anilines is 1. The van der Waals surface area contributed by atoms with Gasteiger partial charge in [0.15, 0.2) is 0 Å². The fraction of sp³-hybridized carbons (Fsp3) is 0.440. The van der Waals surface area contributed by atoms with Gasteiger partial charge in [0.1, 0.15) is 0 Å². The van der Waals surface area contributed by atoms with Gasteiger partial charge in [-0.15, -0.1) is 0 Å². The van der Waals surface area contributed by atoms with E-state index in [0.717, 1.165) is 50.0 Å². The van der Waals surface area contributed by atoms with Crippen molar-refractivity contribution < 1.29 is 9.59 Å². The number of rotatable bonds is 5. The van der Waals surface area contributed by atoms with Crippen LogP contribution >= 0.6 is 0 Å². The number of piperidine rings is 1. The maximum atomic E-state index is 13.1. The second kappa shape index (κ2) is 8.02. The van der Waals surface area contributed by atoms with Gasteiger partial charge in [-0.05, 0) is 56.7 Å². The van der Waals surface area contributed by atoms with Crippen LogP contribution in [0.3, 0.4) is 0 Å². The summed E-state index contributed by atoms with van der Waals surface area (Å²) in [7, 11) is 0. The van der Waals surface area contributed by atoms with E-state index in [4.69, 9.17) is 0 Å². The summed E-state index contributed by atoms with van der Waals surface area (Å²) in [5.74, 6) is 0.430. The molecule has 2 aromatic rings. The van der Waals surface area contributed by atoms with Gasteiger partial charge in [0.2, 0.25) is 11.8 Å². The topological polar surface area (TPSA) is 40.6 Å². The molecule has 29 heavy (non-hydrogen) atoms. The highest BCUT2D eigenvalue weighted by Crippen LogP contribution is 2.43. The van der Waals surface area contributed by atoms with Crippen molar-refractivity contribution in [1.29, 1.82) is 0 Å². The Labute approximate surface area is 173 Å².